The van der Waals surface area contributed by atoms with E-state index in [1.807, 2.05) is 24.3 Å². The minimum atomic E-state index is -0.305. The summed E-state index contributed by atoms with van der Waals surface area (Å²) in [5.74, 6) is -0.165. The minimum absolute atomic E-state index is 0.165. The molecule has 5 heteroatoms. The number of likely N-dealkylation sites (tertiary alicyclic amines) is 1. The van der Waals surface area contributed by atoms with E-state index in [4.69, 9.17) is 0 Å². The number of nitrogens with one attached hydrogen (secondary N) is 1. The Kier molecular flexibility index (Phi) is 4.77. The topological polar surface area (TPSA) is 68.7 Å². The highest BCUT2D eigenvalue weighted by Crippen LogP contribution is 2.23. The van der Waals surface area contributed by atoms with Gasteiger partial charge in [-0.2, -0.15) is 0 Å². The average molecular weight is 361 g/mol. The van der Waals surface area contributed by atoms with Crippen LogP contribution in [-0.4, -0.2) is 33.8 Å². The van der Waals surface area contributed by atoms with Crippen LogP contribution in [0.2, 0.25) is 0 Å². The Morgan fingerprint density at radius 1 is 1.19 bits per heavy atom. The van der Waals surface area contributed by atoms with Crippen LogP contribution in [0.25, 0.3) is 10.8 Å². The van der Waals surface area contributed by atoms with Crippen molar-refractivity contribution in [2.24, 2.45) is 4.99 Å². The molecule has 0 bridgehead atoms. The molecule has 2 N–H and O–H groups in total. The molecule has 0 amide bonds. The van der Waals surface area contributed by atoms with Crippen LogP contribution in [0.4, 0.5) is 5.69 Å². The molecule has 2 heterocycles. The molecular formula is C22H23N3O2. The number of aromatic amines is 1. The summed E-state index contributed by atoms with van der Waals surface area (Å²) in [7, 11) is 0. The van der Waals surface area contributed by atoms with Gasteiger partial charge in [-0.3, -0.25) is 19.7 Å². The highest BCUT2D eigenvalue weighted by atomic mass is 16.3. The predicted molar refractivity (Wildman–Crippen MR) is 109 cm³/mol. The van der Waals surface area contributed by atoms with Gasteiger partial charge in [0, 0.05) is 29.6 Å². The molecule has 1 fully saturated rings. The summed E-state index contributed by atoms with van der Waals surface area (Å²) in [5.41, 5.74) is 2.30. The van der Waals surface area contributed by atoms with Gasteiger partial charge in [-0.05, 0) is 50.1 Å². The van der Waals surface area contributed by atoms with Crippen LogP contribution in [-0.2, 0) is 6.54 Å². The van der Waals surface area contributed by atoms with Crippen LogP contribution < -0.4 is 5.56 Å². The number of hydrogen-bond donors (Lipinski definition) is 2. The molecule has 1 unspecified atom stereocenters. The van der Waals surface area contributed by atoms with Crippen LogP contribution >= 0.6 is 0 Å². The summed E-state index contributed by atoms with van der Waals surface area (Å²) < 4.78 is 0. The third-order valence-corrected chi connectivity index (χ3v) is 5.30. The summed E-state index contributed by atoms with van der Waals surface area (Å²) in [4.78, 5) is 21.4. The van der Waals surface area contributed by atoms with Gasteiger partial charge in [0.25, 0.3) is 5.56 Å². The predicted octanol–water partition coefficient (Wildman–Crippen LogP) is 3.97. The van der Waals surface area contributed by atoms with Gasteiger partial charge in [-0.15, -0.1) is 0 Å². The highest BCUT2D eigenvalue weighted by Gasteiger charge is 2.19. The maximum Gasteiger partial charge on any atom is 0.258 e. The monoisotopic (exact) mass is 361 g/mol. The molecule has 3 aromatic rings. The fraction of sp³-hybridized carbons (Fsp3) is 0.273. The Morgan fingerprint density at radius 2 is 1.93 bits per heavy atom. The van der Waals surface area contributed by atoms with Crippen molar-refractivity contribution in [3.05, 3.63) is 70.0 Å². The van der Waals surface area contributed by atoms with Crippen molar-refractivity contribution in [1.82, 2.24) is 9.88 Å². The number of pyridine rings is 1. The molecule has 0 radical (unpaired) electrons. The zero-order valence-electron chi connectivity index (χ0n) is 15.4. The Bertz CT molecular complexity index is 1040. The lowest BCUT2D eigenvalue weighted by Gasteiger charge is -2.20. The molecule has 0 aliphatic carbocycles. The van der Waals surface area contributed by atoms with Crippen molar-refractivity contribution in [1.29, 1.82) is 0 Å². The second-order valence-electron chi connectivity index (χ2n) is 7.15. The zero-order chi connectivity index (χ0) is 18.8. The smallest absolute Gasteiger partial charge is 0.258 e. The Balaban J connectivity index is 1.57. The van der Waals surface area contributed by atoms with Crippen molar-refractivity contribution in [2.45, 2.75) is 32.4 Å². The molecule has 2 aromatic carbocycles. The number of hydrogen-bond acceptors (Lipinski definition) is 4. The fourth-order valence-corrected chi connectivity index (χ4v) is 3.71. The number of nitrogens with zero attached hydrogens (tertiary/aromatic N) is 2. The summed E-state index contributed by atoms with van der Waals surface area (Å²) in [6, 6.07) is 16.0. The van der Waals surface area contributed by atoms with E-state index in [1.165, 1.54) is 24.9 Å². The van der Waals surface area contributed by atoms with Gasteiger partial charge in [0.1, 0.15) is 0 Å². The van der Waals surface area contributed by atoms with Gasteiger partial charge in [0.15, 0.2) is 0 Å². The number of aliphatic imine (C=N–C) groups is 1. The summed E-state index contributed by atoms with van der Waals surface area (Å²) >= 11 is 0. The molecule has 1 aliphatic rings. The number of aromatic nitrogens is 1. The van der Waals surface area contributed by atoms with E-state index in [1.54, 1.807) is 18.3 Å². The van der Waals surface area contributed by atoms with E-state index in [-0.39, 0.29) is 11.4 Å². The van der Waals surface area contributed by atoms with Crippen molar-refractivity contribution < 1.29 is 5.11 Å². The molecule has 0 saturated carbocycles. The van der Waals surface area contributed by atoms with Gasteiger partial charge >= 0.3 is 0 Å². The van der Waals surface area contributed by atoms with Gasteiger partial charge < -0.3 is 5.11 Å². The lowest BCUT2D eigenvalue weighted by Crippen LogP contribution is -2.26. The van der Waals surface area contributed by atoms with E-state index >= 15 is 0 Å². The lowest BCUT2D eigenvalue weighted by molar-refractivity contribution is 0.260. The molecule has 4 rings (SSSR count). The first-order valence-corrected chi connectivity index (χ1v) is 9.33. The number of rotatable bonds is 4. The third kappa shape index (κ3) is 3.64. The first-order valence-electron chi connectivity index (χ1n) is 9.33. The molecule has 1 saturated heterocycles. The van der Waals surface area contributed by atoms with E-state index < -0.39 is 0 Å². The van der Waals surface area contributed by atoms with Gasteiger partial charge in [-0.1, -0.05) is 30.3 Å². The summed E-state index contributed by atoms with van der Waals surface area (Å²) in [6.45, 7) is 4.42. The Hall–Kier alpha value is -2.92. The number of benzene rings is 2. The first kappa shape index (κ1) is 17.5. The minimum Gasteiger partial charge on any atom is -0.494 e. The van der Waals surface area contributed by atoms with Crippen LogP contribution in [0.5, 0.6) is 5.88 Å². The van der Waals surface area contributed by atoms with Gasteiger partial charge in [0.2, 0.25) is 5.88 Å². The van der Waals surface area contributed by atoms with Crippen molar-refractivity contribution >= 4 is 22.7 Å². The van der Waals surface area contributed by atoms with Crippen LogP contribution in [0.3, 0.4) is 0 Å². The quantitative estimate of drug-likeness (QED) is 0.691. The average Bonchev–Trinajstić information content (AvgIpc) is 3.07. The largest absolute Gasteiger partial charge is 0.494 e. The molecule has 1 atom stereocenters. The second-order valence-corrected chi connectivity index (χ2v) is 7.15. The van der Waals surface area contributed by atoms with Crippen molar-refractivity contribution in [3.63, 3.8) is 0 Å². The van der Waals surface area contributed by atoms with E-state index in [2.05, 4.69) is 33.9 Å². The SMILES string of the molecule is CC1CCCN1Cc1ccc(N=Cc2c(O)[nH]c(=O)c3ccccc23)cc1. The lowest BCUT2D eigenvalue weighted by atomic mass is 10.1. The van der Waals surface area contributed by atoms with Crippen LogP contribution in [0.1, 0.15) is 30.9 Å². The van der Waals surface area contributed by atoms with E-state index in [0.29, 0.717) is 22.4 Å². The molecule has 138 valence electrons. The van der Waals surface area contributed by atoms with Gasteiger partial charge in [0.05, 0.1) is 11.3 Å². The molecule has 0 spiro atoms. The van der Waals surface area contributed by atoms with Gasteiger partial charge in [-0.25, -0.2) is 0 Å². The molecule has 27 heavy (non-hydrogen) atoms. The highest BCUT2D eigenvalue weighted by molar-refractivity contribution is 6.01. The van der Waals surface area contributed by atoms with Crippen molar-refractivity contribution in [2.75, 3.05) is 6.54 Å². The Labute approximate surface area is 158 Å². The maximum absolute atomic E-state index is 12.0. The molecule has 1 aliphatic heterocycles. The van der Waals surface area contributed by atoms with Crippen LogP contribution in [0.15, 0.2) is 58.3 Å². The fourth-order valence-electron chi connectivity index (χ4n) is 3.71. The third-order valence-electron chi connectivity index (χ3n) is 5.30. The van der Waals surface area contributed by atoms with E-state index in [0.717, 1.165) is 12.2 Å². The first-order chi connectivity index (χ1) is 13.1. The standard InChI is InChI=1S/C22H23N3O2/c1-15-5-4-12-25(15)14-16-8-10-17(11-9-16)23-13-20-18-6-2-3-7-19(18)21(26)24-22(20)27/h2-3,6-11,13,15H,4-5,12,14H2,1H3,(H2,24,26,27). The number of H-pyrrole nitrogens is 1. The maximum atomic E-state index is 12.0. The Morgan fingerprint density at radius 3 is 2.63 bits per heavy atom. The molecular weight excluding hydrogens is 338 g/mol. The summed E-state index contributed by atoms with van der Waals surface area (Å²) in [5, 5.41) is 11.4. The molecule has 5 nitrogen and oxygen atoms in total. The second kappa shape index (κ2) is 7.37. The molecule has 1 aromatic heterocycles. The zero-order valence-corrected chi connectivity index (χ0v) is 15.4. The number of fused-ring (bicyclic) bond motifs is 1. The van der Waals surface area contributed by atoms with E-state index in [9.17, 15) is 9.90 Å². The normalized spacial score (nSPS) is 17.9. The van der Waals surface area contributed by atoms with Crippen LogP contribution in [0, 0.1) is 0 Å². The summed E-state index contributed by atoms with van der Waals surface area (Å²) in [6.07, 6.45) is 4.16. The van der Waals surface area contributed by atoms with Crippen molar-refractivity contribution in [3.8, 4) is 5.88 Å². The number of aromatic hydroxyl groups is 1.